The number of likely N-dealkylation sites (N-methyl/N-ethyl adjacent to an activating group) is 1. The number of nitrogens with one attached hydrogen (secondary N) is 1. The van der Waals surface area contributed by atoms with Crippen LogP contribution in [-0.2, 0) is 12.7 Å². The highest BCUT2D eigenvalue weighted by Crippen LogP contribution is 2.31. The quantitative estimate of drug-likeness (QED) is 0.858. The maximum absolute atomic E-state index is 13.4. The zero-order chi connectivity index (χ0) is 15.5. The van der Waals surface area contributed by atoms with Crippen LogP contribution in [0.15, 0.2) is 18.2 Å². The fraction of sp³-hybridized carbons (Fsp3) is 0.600. The molecule has 0 spiro atoms. The first kappa shape index (κ1) is 16.2. The van der Waals surface area contributed by atoms with Crippen molar-refractivity contribution in [2.75, 3.05) is 20.1 Å². The second-order valence-electron chi connectivity index (χ2n) is 5.52. The molecule has 2 nitrogen and oxygen atoms in total. The molecule has 1 saturated heterocycles. The van der Waals surface area contributed by atoms with E-state index in [9.17, 15) is 17.6 Å². The number of benzene rings is 1. The highest BCUT2D eigenvalue weighted by molar-refractivity contribution is 5.27. The summed E-state index contributed by atoms with van der Waals surface area (Å²) < 4.78 is 51.6. The predicted octanol–water partition coefficient (Wildman–Crippen LogP) is 3.42. The molecule has 1 atom stereocenters. The van der Waals surface area contributed by atoms with Gasteiger partial charge in [-0.05, 0) is 50.2 Å². The maximum atomic E-state index is 13.4. The van der Waals surface area contributed by atoms with Crippen molar-refractivity contribution in [2.45, 2.75) is 38.0 Å². The van der Waals surface area contributed by atoms with Gasteiger partial charge in [-0.15, -0.1) is 0 Å². The first-order chi connectivity index (χ1) is 9.90. The van der Waals surface area contributed by atoms with Gasteiger partial charge >= 0.3 is 6.18 Å². The van der Waals surface area contributed by atoms with E-state index in [0.717, 1.165) is 38.4 Å². The number of hydrogen-bond donors (Lipinski definition) is 1. The van der Waals surface area contributed by atoms with Crippen LogP contribution in [0.4, 0.5) is 17.6 Å². The van der Waals surface area contributed by atoms with Crippen LogP contribution in [-0.4, -0.2) is 31.1 Å². The highest BCUT2D eigenvalue weighted by atomic mass is 19.4. The van der Waals surface area contributed by atoms with Crippen molar-refractivity contribution < 1.29 is 17.6 Å². The highest BCUT2D eigenvalue weighted by Gasteiger charge is 2.31. The molecule has 1 N–H and O–H groups in total. The Labute approximate surface area is 122 Å². The fourth-order valence-corrected chi connectivity index (χ4v) is 2.87. The molecule has 0 amide bonds. The van der Waals surface area contributed by atoms with Crippen LogP contribution in [0.25, 0.3) is 0 Å². The first-order valence-electron chi connectivity index (χ1n) is 7.15. The third-order valence-electron chi connectivity index (χ3n) is 3.86. The van der Waals surface area contributed by atoms with Gasteiger partial charge in [0.05, 0.1) is 5.56 Å². The number of likely N-dealkylation sites (tertiary alicyclic amines) is 1. The Hall–Kier alpha value is -1.14. The van der Waals surface area contributed by atoms with E-state index in [0.29, 0.717) is 24.2 Å². The number of halogens is 4. The summed E-state index contributed by atoms with van der Waals surface area (Å²) in [7, 11) is 1.86. The average Bonchev–Trinajstić information content (AvgIpc) is 2.40. The minimum absolute atomic E-state index is 0.293. The number of rotatable bonds is 4. The summed E-state index contributed by atoms with van der Waals surface area (Å²) in [6.07, 6.45) is -1.34. The lowest BCUT2D eigenvalue weighted by Crippen LogP contribution is -2.44. The summed E-state index contributed by atoms with van der Waals surface area (Å²) in [5.74, 6) is -0.831. The largest absolute Gasteiger partial charge is 0.416 e. The van der Waals surface area contributed by atoms with E-state index < -0.39 is 17.6 Å². The molecule has 1 aromatic rings. The van der Waals surface area contributed by atoms with Crippen molar-refractivity contribution in [3.63, 3.8) is 0 Å². The van der Waals surface area contributed by atoms with Gasteiger partial charge in [0, 0.05) is 19.1 Å². The molecule has 0 radical (unpaired) electrons. The molecule has 1 heterocycles. The molecule has 1 fully saturated rings. The molecule has 0 bridgehead atoms. The zero-order valence-corrected chi connectivity index (χ0v) is 12.0. The van der Waals surface area contributed by atoms with Gasteiger partial charge in [-0.1, -0.05) is 6.42 Å². The molecular weight excluding hydrogens is 284 g/mol. The topological polar surface area (TPSA) is 15.3 Å². The van der Waals surface area contributed by atoms with Crippen molar-refractivity contribution in [1.29, 1.82) is 0 Å². The normalized spacial score (nSPS) is 20.7. The number of hydrogen-bond acceptors (Lipinski definition) is 2. The smallest absolute Gasteiger partial charge is 0.318 e. The van der Waals surface area contributed by atoms with Gasteiger partial charge in [0.25, 0.3) is 0 Å². The molecule has 118 valence electrons. The molecule has 0 aromatic heterocycles. The second-order valence-corrected chi connectivity index (χ2v) is 5.52. The summed E-state index contributed by atoms with van der Waals surface area (Å²) in [4.78, 5) is 2.13. The van der Waals surface area contributed by atoms with Gasteiger partial charge < -0.3 is 5.32 Å². The minimum atomic E-state index is -4.51. The van der Waals surface area contributed by atoms with Gasteiger partial charge in [-0.2, -0.15) is 13.2 Å². The van der Waals surface area contributed by atoms with Crippen LogP contribution in [0.2, 0.25) is 0 Å². The van der Waals surface area contributed by atoms with Gasteiger partial charge in [-0.3, -0.25) is 4.90 Å². The van der Waals surface area contributed by atoms with Crippen LogP contribution >= 0.6 is 0 Å². The summed E-state index contributed by atoms with van der Waals surface area (Å²) in [5, 5.41) is 3.10. The van der Waals surface area contributed by atoms with E-state index in [1.54, 1.807) is 0 Å². The lowest BCUT2D eigenvalue weighted by molar-refractivity contribution is -0.137. The van der Waals surface area contributed by atoms with Crippen LogP contribution in [0.1, 0.15) is 30.4 Å². The van der Waals surface area contributed by atoms with Crippen LogP contribution < -0.4 is 5.32 Å². The number of piperidine rings is 1. The van der Waals surface area contributed by atoms with Crippen molar-refractivity contribution in [3.8, 4) is 0 Å². The molecule has 21 heavy (non-hydrogen) atoms. The Morgan fingerprint density at radius 1 is 1.24 bits per heavy atom. The molecule has 1 aliphatic heterocycles. The van der Waals surface area contributed by atoms with Crippen LogP contribution in [0.5, 0.6) is 0 Å². The molecule has 0 saturated carbocycles. The third-order valence-corrected chi connectivity index (χ3v) is 3.86. The molecular formula is C15H20F4N2. The van der Waals surface area contributed by atoms with Crippen LogP contribution in [0.3, 0.4) is 0 Å². The van der Waals surface area contributed by atoms with Gasteiger partial charge in [-0.25, -0.2) is 4.39 Å². The monoisotopic (exact) mass is 304 g/mol. The SMILES string of the molecule is CNCC1CCCCN1Cc1cc(F)cc(C(F)(F)F)c1. The number of nitrogens with zero attached hydrogens (tertiary/aromatic N) is 1. The molecule has 0 aliphatic carbocycles. The van der Waals surface area contributed by atoms with E-state index in [-0.39, 0.29) is 0 Å². The summed E-state index contributed by atoms with van der Waals surface area (Å²) in [6, 6.07) is 3.08. The second kappa shape index (κ2) is 6.75. The van der Waals surface area contributed by atoms with Crippen molar-refractivity contribution in [1.82, 2.24) is 10.2 Å². The van der Waals surface area contributed by atoms with E-state index in [1.807, 2.05) is 7.05 Å². The van der Waals surface area contributed by atoms with Crippen molar-refractivity contribution in [2.24, 2.45) is 0 Å². The lowest BCUT2D eigenvalue weighted by atomic mass is 10.0. The molecule has 1 aromatic carbocycles. The Morgan fingerprint density at radius 3 is 2.67 bits per heavy atom. The predicted molar refractivity (Wildman–Crippen MR) is 73.4 cm³/mol. The molecule has 6 heteroatoms. The summed E-state index contributed by atoms with van der Waals surface area (Å²) in [6.45, 7) is 1.98. The van der Waals surface area contributed by atoms with Gasteiger partial charge in [0.2, 0.25) is 0 Å². The lowest BCUT2D eigenvalue weighted by Gasteiger charge is -2.35. The molecule has 2 rings (SSSR count). The van der Waals surface area contributed by atoms with E-state index >= 15 is 0 Å². The first-order valence-corrected chi connectivity index (χ1v) is 7.15. The van der Waals surface area contributed by atoms with E-state index in [2.05, 4.69) is 10.2 Å². The molecule has 1 aliphatic rings. The summed E-state index contributed by atoms with van der Waals surface area (Å²) >= 11 is 0. The van der Waals surface area contributed by atoms with Crippen molar-refractivity contribution in [3.05, 3.63) is 35.1 Å². The Balaban J connectivity index is 2.16. The van der Waals surface area contributed by atoms with E-state index in [4.69, 9.17) is 0 Å². The Bertz CT molecular complexity index is 471. The minimum Gasteiger partial charge on any atom is -0.318 e. The molecule has 1 unspecified atom stereocenters. The van der Waals surface area contributed by atoms with E-state index in [1.165, 1.54) is 6.07 Å². The maximum Gasteiger partial charge on any atom is 0.416 e. The number of alkyl halides is 3. The Morgan fingerprint density at radius 2 is 2.00 bits per heavy atom. The Kier molecular flexibility index (Phi) is 5.22. The summed E-state index contributed by atoms with van der Waals surface area (Å²) in [5.41, 5.74) is -0.537. The fourth-order valence-electron chi connectivity index (χ4n) is 2.87. The van der Waals surface area contributed by atoms with Crippen LogP contribution in [0, 0.1) is 5.82 Å². The standard InChI is InChI=1S/C15H20F4N2/c1-20-9-14-4-2-3-5-21(14)10-11-6-12(15(17,18)19)8-13(16)7-11/h6-8,14,20H,2-5,9-10H2,1H3. The third kappa shape index (κ3) is 4.41. The van der Waals surface area contributed by atoms with Gasteiger partial charge in [0.15, 0.2) is 0 Å². The van der Waals surface area contributed by atoms with Crippen molar-refractivity contribution >= 4 is 0 Å². The van der Waals surface area contributed by atoms with Gasteiger partial charge in [0.1, 0.15) is 5.82 Å². The average molecular weight is 304 g/mol. The zero-order valence-electron chi connectivity index (χ0n) is 12.0.